The highest BCUT2D eigenvalue weighted by Gasteiger charge is 2.36. The minimum atomic E-state index is -0.121. The number of aryl methyl sites for hydroxylation is 1. The van der Waals surface area contributed by atoms with Crippen LogP contribution in [0.4, 0.5) is 0 Å². The normalized spacial score (nSPS) is 18.3. The van der Waals surface area contributed by atoms with E-state index in [9.17, 15) is 9.59 Å². The summed E-state index contributed by atoms with van der Waals surface area (Å²) in [6.45, 7) is 5.50. The number of rotatable bonds is 7. The molecule has 0 saturated heterocycles. The Morgan fingerprint density at radius 3 is 2.69 bits per heavy atom. The van der Waals surface area contributed by atoms with Gasteiger partial charge in [-0.25, -0.2) is 0 Å². The van der Waals surface area contributed by atoms with Crippen LogP contribution in [0.25, 0.3) is 0 Å². The highest BCUT2D eigenvalue weighted by molar-refractivity contribution is 5.80. The first-order chi connectivity index (χ1) is 15.6. The highest BCUT2D eigenvalue weighted by atomic mass is 16.5. The summed E-state index contributed by atoms with van der Waals surface area (Å²) in [6.07, 6.45) is 6.03. The molecule has 1 N–H and O–H groups in total. The molecule has 4 rings (SSSR count). The molecule has 0 aromatic heterocycles. The van der Waals surface area contributed by atoms with E-state index in [0.717, 1.165) is 56.2 Å². The number of nitrogens with zero attached hydrogens (tertiary/aromatic N) is 1. The van der Waals surface area contributed by atoms with E-state index in [-0.39, 0.29) is 30.4 Å². The van der Waals surface area contributed by atoms with Crippen LogP contribution in [-0.2, 0) is 16.0 Å². The zero-order valence-electron chi connectivity index (χ0n) is 19.2. The van der Waals surface area contributed by atoms with E-state index in [0.29, 0.717) is 12.3 Å². The largest absolute Gasteiger partial charge is 0.484 e. The Labute approximate surface area is 191 Å². The Morgan fingerprint density at radius 1 is 1.12 bits per heavy atom. The molecule has 1 fully saturated rings. The second kappa shape index (κ2) is 10.2. The maximum atomic E-state index is 13.5. The summed E-state index contributed by atoms with van der Waals surface area (Å²) in [6, 6.07) is 14.4. The fourth-order valence-corrected chi connectivity index (χ4v) is 4.99. The van der Waals surface area contributed by atoms with Gasteiger partial charge in [0.05, 0.1) is 6.04 Å². The predicted molar refractivity (Wildman–Crippen MR) is 126 cm³/mol. The van der Waals surface area contributed by atoms with Crippen molar-refractivity contribution in [3.8, 4) is 5.75 Å². The number of ether oxygens (including phenoxy) is 1. The second-order valence-corrected chi connectivity index (χ2v) is 9.08. The maximum absolute atomic E-state index is 13.5. The van der Waals surface area contributed by atoms with Crippen molar-refractivity contribution in [1.82, 2.24) is 10.2 Å². The topological polar surface area (TPSA) is 58.6 Å². The minimum absolute atomic E-state index is 0.00137. The summed E-state index contributed by atoms with van der Waals surface area (Å²) in [4.78, 5) is 27.6. The predicted octanol–water partition coefficient (Wildman–Crippen LogP) is 4.56. The van der Waals surface area contributed by atoms with Gasteiger partial charge >= 0.3 is 0 Å². The molecule has 170 valence electrons. The number of nitrogens with one attached hydrogen (secondary N) is 1. The minimum Gasteiger partial charge on any atom is -0.484 e. The van der Waals surface area contributed by atoms with Gasteiger partial charge in [-0.05, 0) is 61.4 Å². The standard InChI is InChI=1S/C27H34N2O3/c1-3-14-28-25(30)18-32-23-12-11-20-13-15-29(27(31)21-8-4-5-9-21)26(24(20)17-23)22-10-6-7-19(2)16-22/h6-7,10-12,16-17,21,26H,3-5,8-9,13-15,18H2,1-2H3,(H,28,30)/t26-/m0/s1. The zero-order valence-corrected chi connectivity index (χ0v) is 19.2. The molecule has 0 spiro atoms. The van der Waals surface area contributed by atoms with Gasteiger partial charge in [-0.1, -0.05) is 55.7 Å². The average molecular weight is 435 g/mol. The van der Waals surface area contributed by atoms with Crippen molar-refractivity contribution in [3.05, 3.63) is 64.7 Å². The Bertz CT molecular complexity index is 965. The van der Waals surface area contributed by atoms with E-state index in [2.05, 4.69) is 47.5 Å². The summed E-state index contributed by atoms with van der Waals surface area (Å²) in [5, 5.41) is 2.84. The molecular weight excluding hydrogens is 400 g/mol. The molecule has 5 heteroatoms. The van der Waals surface area contributed by atoms with Crippen LogP contribution in [0.15, 0.2) is 42.5 Å². The summed E-state index contributed by atoms with van der Waals surface area (Å²) in [5.41, 5.74) is 4.67. The first-order valence-electron chi connectivity index (χ1n) is 12.0. The van der Waals surface area contributed by atoms with Crippen LogP contribution < -0.4 is 10.1 Å². The van der Waals surface area contributed by atoms with Gasteiger partial charge in [0.1, 0.15) is 5.75 Å². The fraction of sp³-hybridized carbons (Fsp3) is 0.481. The number of carbonyl (C=O) groups excluding carboxylic acids is 2. The third kappa shape index (κ3) is 4.98. The Morgan fingerprint density at radius 2 is 1.94 bits per heavy atom. The quantitative estimate of drug-likeness (QED) is 0.695. The van der Waals surface area contributed by atoms with Crippen LogP contribution in [0.5, 0.6) is 5.75 Å². The van der Waals surface area contributed by atoms with Crippen molar-refractivity contribution < 1.29 is 14.3 Å². The van der Waals surface area contributed by atoms with Gasteiger partial charge < -0.3 is 15.0 Å². The van der Waals surface area contributed by atoms with E-state index < -0.39 is 0 Å². The van der Waals surface area contributed by atoms with Crippen LogP contribution in [0.3, 0.4) is 0 Å². The molecule has 2 aromatic rings. The van der Waals surface area contributed by atoms with E-state index in [1.807, 2.05) is 19.1 Å². The van der Waals surface area contributed by atoms with Gasteiger partial charge in [0.25, 0.3) is 5.91 Å². The first kappa shape index (κ1) is 22.4. The molecule has 1 atom stereocenters. The summed E-state index contributed by atoms with van der Waals surface area (Å²) in [5.74, 6) is 0.983. The fourth-order valence-electron chi connectivity index (χ4n) is 4.99. The molecule has 5 nitrogen and oxygen atoms in total. The van der Waals surface area contributed by atoms with Crippen LogP contribution in [-0.4, -0.2) is 36.4 Å². The van der Waals surface area contributed by atoms with E-state index in [4.69, 9.17) is 4.74 Å². The van der Waals surface area contributed by atoms with Crippen LogP contribution in [0, 0.1) is 12.8 Å². The summed E-state index contributed by atoms with van der Waals surface area (Å²) in [7, 11) is 0. The zero-order chi connectivity index (χ0) is 22.5. The summed E-state index contributed by atoms with van der Waals surface area (Å²) >= 11 is 0. The van der Waals surface area contributed by atoms with Crippen molar-refractivity contribution in [2.24, 2.45) is 5.92 Å². The van der Waals surface area contributed by atoms with Crippen molar-refractivity contribution in [1.29, 1.82) is 0 Å². The highest BCUT2D eigenvalue weighted by Crippen LogP contribution is 2.39. The average Bonchev–Trinajstić information content (AvgIpc) is 3.35. The first-order valence-corrected chi connectivity index (χ1v) is 12.0. The van der Waals surface area contributed by atoms with E-state index in [1.165, 1.54) is 11.1 Å². The van der Waals surface area contributed by atoms with Crippen molar-refractivity contribution in [3.63, 3.8) is 0 Å². The van der Waals surface area contributed by atoms with E-state index >= 15 is 0 Å². The Kier molecular flexibility index (Phi) is 7.13. The monoisotopic (exact) mass is 434 g/mol. The lowest BCUT2D eigenvalue weighted by atomic mass is 9.86. The molecule has 1 heterocycles. The van der Waals surface area contributed by atoms with Crippen molar-refractivity contribution >= 4 is 11.8 Å². The summed E-state index contributed by atoms with van der Waals surface area (Å²) < 4.78 is 5.82. The smallest absolute Gasteiger partial charge is 0.257 e. The maximum Gasteiger partial charge on any atom is 0.257 e. The number of hydrogen-bond donors (Lipinski definition) is 1. The van der Waals surface area contributed by atoms with Gasteiger partial charge in [0.2, 0.25) is 5.91 Å². The third-order valence-corrected chi connectivity index (χ3v) is 6.63. The van der Waals surface area contributed by atoms with Gasteiger partial charge in [-0.2, -0.15) is 0 Å². The molecule has 0 bridgehead atoms. The van der Waals surface area contributed by atoms with Gasteiger partial charge in [-0.3, -0.25) is 9.59 Å². The van der Waals surface area contributed by atoms with Gasteiger partial charge in [0, 0.05) is 19.0 Å². The SMILES string of the molecule is CCCNC(=O)COc1ccc2c(c1)[C@H](c1cccc(C)c1)N(C(=O)C1CCCC1)CC2. The number of fused-ring (bicyclic) bond motifs is 1. The molecule has 1 aliphatic heterocycles. The molecule has 0 radical (unpaired) electrons. The van der Waals surface area contributed by atoms with Crippen molar-refractivity contribution in [2.75, 3.05) is 19.7 Å². The lowest BCUT2D eigenvalue weighted by Gasteiger charge is -2.39. The molecule has 2 aromatic carbocycles. The lowest BCUT2D eigenvalue weighted by molar-refractivity contribution is -0.137. The number of benzene rings is 2. The van der Waals surface area contributed by atoms with Gasteiger partial charge in [-0.15, -0.1) is 0 Å². The van der Waals surface area contributed by atoms with E-state index in [1.54, 1.807) is 0 Å². The Hall–Kier alpha value is -2.82. The van der Waals surface area contributed by atoms with Gasteiger partial charge in [0.15, 0.2) is 6.61 Å². The van der Waals surface area contributed by atoms with Crippen LogP contribution >= 0.6 is 0 Å². The molecule has 2 aliphatic rings. The number of hydrogen-bond acceptors (Lipinski definition) is 3. The molecule has 0 unspecified atom stereocenters. The molecular formula is C27H34N2O3. The molecule has 32 heavy (non-hydrogen) atoms. The molecule has 1 saturated carbocycles. The van der Waals surface area contributed by atoms with Crippen LogP contribution in [0.1, 0.15) is 67.3 Å². The molecule has 1 aliphatic carbocycles. The van der Waals surface area contributed by atoms with Crippen molar-refractivity contribution in [2.45, 2.75) is 58.4 Å². The number of carbonyl (C=O) groups is 2. The van der Waals surface area contributed by atoms with Crippen LogP contribution in [0.2, 0.25) is 0 Å². The third-order valence-electron chi connectivity index (χ3n) is 6.63. The lowest BCUT2D eigenvalue weighted by Crippen LogP contribution is -2.43. The number of amides is 2. The molecule has 2 amide bonds. The Balaban J connectivity index is 1.64. The second-order valence-electron chi connectivity index (χ2n) is 9.08.